The molecule has 0 fully saturated rings. The summed E-state index contributed by atoms with van der Waals surface area (Å²) in [6.45, 7) is 4.87. The fraction of sp³-hybridized carbons (Fsp3) is 0.714. The number of hydrogen-bond acceptors (Lipinski definition) is 0. The van der Waals surface area contributed by atoms with Crippen molar-refractivity contribution in [3.05, 3.63) is 12.7 Å². The summed E-state index contributed by atoms with van der Waals surface area (Å²) < 4.78 is 35.6. The first-order chi connectivity index (χ1) is 4.83. The number of hydrogen-bond donors (Lipinski definition) is 0. The molecule has 1 unspecified atom stereocenters. The van der Waals surface area contributed by atoms with Gasteiger partial charge < -0.3 is 0 Å². The predicted octanol–water partition coefficient (Wildman–Crippen LogP) is 3.53. The maximum absolute atomic E-state index is 11.9. The third-order valence-electron chi connectivity index (χ3n) is 1.40. The van der Waals surface area contributed by atoms with Crippen molar-refractivity contribution >= 4 is 15.9 Å². The SMILES string of the molecule is C=CC(C)(CBr)CC(F)(F)F. The van der Waals surface area contributed by atoms with Gasteiger partial charge >= 0.3 is 6.18 Å². The average Bonchev–Trinajstić information content (AvgIpc) is 1.84. The van der Waals surface area contributed by atoms with E-state index >= 15 is 0 Å². The molecule has 0 aliphatic carbocycles. The van der Waals surface area contributed by atoms with Crippen molar-refractivity contribution in [3.63, 3.8) is 0 Å². The highest BCUT2D eigenvalue weighted by Gasteiger charge is 2.36. The summed E-state index contributed by atoms with van der Waals surface area (Å²) in [7, 11) is 0. The topological polar surface area (TPSA) is 0 Å². The van der Waals surface area contributed by atoms with E-state index in [2.05, 4.69) is 22.5 Å². The summed E-state index contributed by atoms with van der Waals surface area (Å²) in [4.78, 5) is 0. The minimum absolute atomic E-state index is 0.281. The summed E-state index contributed by atoms with van der Waals surface area (Å²) in [5, 5.41) is 0.281. The van der Waals surface area contributed by atoms with Gasteiger partial charge in [-0.1, -0.05) is 28.9 Å². The van der Waals surface area contributed by atoms with Crippen LogP contribution in [0.1, 0.15) is 13.3 Å². The lowest BCUT2D eigenvalue weighted by molar-refractivity contribution is -0.148. The van der Waals surface area contributed by atoms with Crippen LogP contribution in [-0.4, -0.2) is 11.5 Å². The molecule has 0 aliphatic heterocycles. The van der Waals surface area contributed by atoms with Crippen molar-refractivity contribution in [2.75, 3.05) is 5.33 Å². The minimum atomic E-state index is -4.11. The van der Waals surface area contributed by atoms with Gasteiger partial charge in [-0.15, -0.1) is 6.58 Å². The standard InChI is InChI=1S/C7H10BrF3/c1-3-6(2,5-8)4-7(9,10)11/h3H,1,4-5H2,2H3. The lowest BCUT2D eigenvalue weighted by Crippen LogP contribution is -2.24. The number of rotatable bonds is 3. The molecule has 0 spiro atoms. The van der Waals surface area contributed by atoms with Gasteiger partial charge in [-0.25, -0.2) is 0 Å². The maximum Gasteiger partial charge on any atom is 0.389 e. The van der Waals surface area contributed by atoms with E-state index < -0.39 is 18.0 Å². The van der Waals surface area contributed by atoms with Crippen LogP contribution in [0.25, 0.3) is 0 Å². The summed E-state index contributed by atoms with van der Waals surface area (Å²) in [6, 6.07) is 0. The van der Waals surface area contributed by atoms with E-state index in [0.29, 0.717) is 0 Å². The normalized spacial score (nSPS) is 17.5. The van der Waals surface area contributed by atoms with E-state index in [0.717, 1.165) is 0 Å². The highest BCUT2D eigenvalue weighted by atomic mass is 79.9. The summed E-state index contributed by atoms with van der Waals surface area (Å²) in [6.07, 6.45) is -3.61. The fourth-order valence-electron chi connectivity index (χ4n) is 0.632. The van der Waals surface area contributed by atoms with E-state index in [4.69, 9.17) is 0 Å². The van der Waals surface area contributed by atoms with Gasteiger partial charge in [0.25, 0.3) is 0 Å². The molecule has 0 rings (SSSR count). The Hall–Kier alpha value is 0.01000. The first kappa shape index (κ1) is 11.0. The Kier molecular flexibility index (Phi) is 3.61. The van der Waals surface area contributed by atoms with Crippen LogP contribution in [0, 0.1) is 5.41 Å². The van der Waals surface area contributed by atoms with Crippen LogP contribution in [0.15, 0.2) is 12.7 Å². The molecule has 11 heavy (non-hydrogen) atoms. The molecule has 0 N–H and O–H groups in total. The zero-order valence-electron chi connectivity index (χ0n) is 6.21. The molecule has 66 valence electrons. The molecule has 0 radical (unpaired) electrons. The van der Waals surface area contributed by atoms with Gasteiger partial charge in [0.05, 0.1) is 6.42 Å². The highest BCUT2D eigenvalue weighted by Crippen LogP contribution is 2.35. The Balaban J connectivity index is 4.19. The van der Waals surface area contributed by atoms with Crippen LogP contribution < -0.4 is 0 Å². The van der Waals surface area contributed by atoms with Crippen LogP contribution >= 0.6 is 15.9 Å². The molecule has 0 bridgehead atoms. The van der Waals surface area contributed by atoms with Gasteiger partial charge in [-0.2, -0.15) is 13.2 Å². The Morgan fingerprint density at radius 2 is 1.91 bits per heavy atom. The molecule has 0 heterocycles. The van der Waals surface area contributed by atoms with Gasteiger partial charge in [0, 0.05) is 10.7 Å². The molecular weight excluding hydrogens is 221 g/mol. The minimum Gasteiger partial charge on any atom is -0.171 e. The molecule has 0 aromatic carbocycles. The molecular formula is C7H10BrF3. The zero-order valence-corrected chi connectivity index (χ0v) is 7.80. The van der Waals surface area contributed by atoms with Crippen LogP contribution in [-0.2, 0) is 0 Å². The Morgan fingerprint density at radius 3 is 2.00 bits per heavy atom. The van der Waals surface area contributed by atoms with Crippen LogP contribution in [0.3, 0.4) is 0 Å². The fourth-order valence-corrected chi connectivity index (χ4v) is 1.06. The molecule has 0 saturated carbocycles. The molecule has 0 saturated heterocycles. The van der Waals surface area contributed by atoms with E-state index in [1.165, 1.54) is 13.0 Å². The van der Waals surface area contributed by atoms with Gasteiger partial charge in [0.2, 0.25) is 0 Å². The Labute approximate surface area is 72.6 Å². The smallest absolute Gasteiger partial charge is 0.171 e. The van der Waals surface area contributed by atoms with Crippen molar-refractivity contribution in [2.45, 2.75) is 19.5 Å². The lowest BCUT2D eigenvalue weighted by atomic mass is 9.89. The molecule has 0 aromatic rings. The third kappa shape index (κ3) is 4.45. The molecule has 4 heteroatoms. The Morgan fingerprint density at radius 1 is 1.45 bits per heavy atom. The first-order valence-electron chi connectivity index (χ1n) is 3.09. The van der Waals surface area contributed by atoms with Crippen molar-refractivity contribution in [2.24, 2.45) is 5.41 Å². The van der Waals surface area contributed by atoms with Gasteiger partial charge in [-0.05, 0) is 0 Å². The maximum atomic E-state index is 11.9. The lowest BCUT2D eigenvalue weighted by Gasteiger charge is -2.23. The molecule has 0 amide bonds. The van der Waals surface area contributed by atoms with Crippen molar-refractivity contribution in [3.8, 4) is 0 Å². The quantitative estimate of drug-likeness (QED) is 0.514. The second-order valence-electron chi connectivity index (χ2n) is 2.78. The number of alkyl halides is 4. The highest BCUT2D eigenvalue weighted by molar-refractivity contribution is 9.09. The summed E-state index contributed by atoms with van der Waals surface area (Å²) in [5.74, 6) is 0. The van der Waals surface area contributed by atoms with Crippen LogP contribution in [0.5, 0.6) is 0 Å². The Bertz CT molecular complexity index is 141. The largest absolute Gasteiger partial charge is 0.389 e. The van der Waals surface area contributed by atoms with E-state index in [1.807, 2.05) is 0 Å². The van der Waals surface area contributed by atoms with Crippen LogP contribution in [0.4, 0.5) is 13.2 Å². The van der Waals surface area contributed by atoms with Gasteiger partial charge in [-0.3, -0.25) is 0 Å². The van der Waals surface area contributed by atoms with E-state index in [9.17, 15) is 13.2 Å². The molecule has 0 aromatic heterocycles. The second-order valence-corrected chi connectivity index (χ2v) is 3.34. The van der Waals surface area contributed by atoms with E-state index in [-0.39, 0.29) is 5.33 Å². The number of halogens is 4. The molecule has 0 aliphatic rings. The van der Waals surface area contributed by atoms with Crippen molar-refractivity contribution in [1.29, 1.82) is 0 Å². The summed E-state index contributed by atoms with van der Waals surface area (Å²) >= 11 is 3.01. The van der Waals surface area contributed by atoms with Crippen molar-refractivity contribution in [1.82, 2.24) is 0 Å². The predicted molar refractivity (Wildman–Crippen MR) is 42.8 cm³/mol. The zero-order chi connectivity index (χ0) is 9.12. The van der Waals surface area contributed by atoms with Gasteiger partial charge in [0.1, 0.15) is 0 Å². The monoisotopic (exact) mass is 230 g/mol. The molecule has 0 nitrogen and oxygen atoms in total. The molecule has 1 atom stereocenters. The van der Waals surface area contributed by atoms with Crippen LogP contribution in [0.2, 0.25) is 0 Å². The second kappa shape index (κ2) is 3.61. The summed E-state index contributed by atoms with van der Waals surface area (Å²) in [5.41, 5.74) is -0.877. The third-order valence-corrected chi connectivity index (χ3v) is 2.68. The van der Waals surface area contributed by atoms with Crippen molar-refractivity contribution < 1.29 is 13.2 Å². The number of allylic oxidation sites excluding steroid dienone is 1. The average molecular weight is 231 g/mol. The van der Waals surface area contributed by atoms with E-state index in [1.54, 1.807) is 0 Å². The first-order valence-corrected chi connectivity index (χ1v) is 4.21. The van der Waals surface area contributed by atoms with Gasteiger partial charge in [0.15, 0.2) is 0 Å².